The number of benzene rings is 1. The van der Waals surface area contributed by atoms with Gasteiger partial charge in [-0.15, -0.1) is 5.10 Å². The van der Waals surface area contributed by atoms with Crippen molar-refractivity contribution in [1.29, 1.82) is 0 Å². The summed E-state index contributed by atoms with van der Waals surface area (Å²) in [7, 11) is 0. The average molecular weight is 619 g/mol. The predicted molar refractivity (Wildman–Crippen MR) is 150 cm³/mol. The zero-order valence-electron chi connectivity index (χ0n) is 25.5. The lowest BCUT2D eigenvalue weighted by atomic mass is 9.97. The van der Waals surface area contributed by atoms with Gasteiger partial charge in [-0.05, 0) is 23.6 Å². The Morgan fingerprint density at radius 1 is 0.886 bits per heavy atom. The van der Waals surface area contributed by atoms with Gasteiger partial charge in [0.05, 0.1) is 6.61 Å². The van der Waals surface area contributed by atoms with E-state index in [-0.39, 0.29) is 24.5 Å². The topological polar surface area (TPSA) is 174 Å². The molecule has 2 aliphatic heterocycles. The largest absolute Gasteiger partial charge is 0.491 e. The van der Waals surface area contributed by atoms with E-state index in [4.69, 9.17) is 37.9 Å². The highest BCUT2D eigenvalue weighted by molar-refractivity contribution is 5.68. The lowest BCUT2D eigenvalue weighted by molar-refractivity contribution is -0.289. The van der Waals surface area contributed by atoms with Gasteiger partial charge in [-0.25, -0.2) is 0 Å². The third-order valence-electron chi connectivity index (χ3n) is 6.76. The first-order valence-electron chi connectivity index (χ1n) is 14.3. The molecular formula is C30H38N2O12. The number of ether oxygens (including phenoxy) is 8. The number of H-pyrrole nitrogens is 1. The summed E-state index contributed by atoms with van der Waals surface area (Å²) >= 11 is 0. The molecule has 2 fully saturated rings. The molecule has 0 amide bonds. The first kappa shape index (κ1) is 32.7. The standard InChI is InChI=1S/C30H38N2O12/c1-15(2)25-23(11-20-7-9-21(10-8-20)38-12-22-13-39-22)29(32-31-25)44-30-28(42-19(6)36)27(41-18(5)35)26(40-17(4)34)24(43-30)14-37-16(3)33/h7-10,15,22,24,26-28,30H,11-14H2,1-6H3,(H,31,32)/t22?,24-,26-,27+,28-,30+/m1/s1. The molecule has 2 saturated heterocycles. The number of epoxide rings is 1. The van der Waals surface area contributed by atoms with Gasteiger partial charge < -0.3 is 37.9 Å². The first-order chi connectivity index (χ1) is 20.9. The fraction of sp³-hybridized carbons (Fsp3) is 0.567. The summed E-state index contributed by atoms with van der Waals surface area (Å²) in [6.07, 6.45) is -6.03. The summed E-state index contributed by atoms with van der Waals surface area (Å²) in [5.41, 5.74) is 2.46. The SMILES string of the molecule is CC(=O)OC[C@H]1O[C@@H](Oc2n[nH]c(C(C)C)c2Cc2ccc(OCC3CO3)cc2)[C@H](OC(C)=O)[C@@H](OC(C)=O)[C@@H]1OC(C)=O. The van der Waals surface area contributed by atoms with Gasteiger partial charge in [0.15, 0.2) is 12.2 Å². The molecule has 1 N–H and O–H groups in total. The molecule has 1 aromatic carbocycles. The van der Waals surface area contributed by atoms with Gasteiger partial charge >= 0.3 is 23.9 Å². The van der Waals surface area contributed by atoms with Crippen LogP contribution in [0.2, 0.25) is 0 Å². The van der Waals surface area contributed by atoms with E-state index in [1.807, 2.05) is 38.1 Å². The van der Waals surface area contributed by atoms with Gasteiger partial charge in [0.2, 0.25) is 18.3 Å². The van der Waals surface area contributed by atoms with Crippen LogP contribution in [0.5, 0.6) is 11.6 Å². The zero-order chi connectivity index (χ0) is 32.0. The Morgan fingerprint density at radius 3 is 2.07 bits per heavy atom. The molecule has 44 heavy (non-hydrogen) atoms. The molecule has 2 aromatic rings. The number of nitrogens with one attached hydrogen (secondary N) is 1. The number of aromatic amines is 1. The maximum Gasteiger partial charge on any atom is 0.303 e. The molecule has 6 atom stereocenters. The van der Waals surface area contributed by atoms with Crippen LogP contribution in [-0.4, -0.2) is 90.7 Å². The van der Waals surface area contributed by atoms with Crippen molar-refractivity contribution < 1.29 is 57.1 Å². The number of hydrogen-bond acceptors (Lipinski definition) is 13. The molecule has 4 rings (SSSR count). The van der Waals surface area contributed by atoms with Crippen molar-refractivity contribution in [3.05, 3.63) is 41.1 Å². The number of nitrogens with zero attached hydrogens (tertiary/aromatic N) is 1. The molecule has 14 heteroatoms. The molecule has 14 nitrogen and oxygen atoms in total. The Labute approximate surface area is 254 Å². The molecule has 0 bridgehead atoms. The number of aromatic nitrogens is 2. The second kappa shape index (κ2) is 14.5. The maximum absolute atomic E-state index is 12.2. The molecule has 2 aliphatic rings. The fourth-order valence-electron chi connectivity index (χ4n) is 4.76. The van der Waals surface area contributed by atoms with Crippen LogP contribution in [0.4, 0.5) is 0 Å². The highest BCUT2D eigenvalue weighted by Crippen LogP contribution is 2.34. The van der Waals surface area contributed by atoms with E-state index < -0.39 is 54.6 Å². The summed E-state index contributed by atoms with van der Waals surface area (Å²) in [5, 5.41) is 7.40. The van der Waals surface area contributed by atoms with E-state index in [9.17, 15) is 19.2 Å². The van der Waals surface area contributed by atoms with Crippen LogP contribution in [0.1, 0.15) is 64.3 Å². The lowest BCUT2D eigenvalue weighted by Gasteiger charge is -2.43. The summed E-state index contributed by atoms with van der Waals surface area (Å²) in [6, 6.07) is 7.59. The van der Waals surface area contributed by atoms with Crippen LogP contribution >= 0.6 is 0 Å². The van der Waals surface area contributed by atoms with Crippen molar-refractivity contribution in [2.24, 2.45) is 0 Å². The monoisotopic (exact) mass is 618 g/mol. The van der Waals surface area contributed by atoms with E-state index in [1.54, 1.807) is 0 Å². The Kier molecular flexibility index (Phi) is 10.8. The maximum atomic E-state index is 12.2. The van der Waals surface area contributed by atoms with Crippen LogP contribution in [0.25, 0.3) is 0 Å². The van der Waals surface area contributed by atoms with Crippen molar-refractivity contribution in [2.45, 2.75) is 90.7 Å². The van der Waals surface area contributed by atoms with Crippen LogP contribution in [0.3, 0.4) is 0 Å². The fourth-order valence-corrected chi connectivity index (χ4v) is 4.76. The molecule has 0 spiro atoms. The Hall–Kier alpha value is -4.17. The van der Waals surface area contributed by atoms with Crippen molar-refractivity contribution in [2.75, 3.05) is 19.8 Å². The van der Waals surface area contributed by atoms with Crippen molar-refractivity contribution in [1.82, 2.24) is 10.2 Å². The molecule has 1 aromatic heterocycles. The molecule has 0 aliphatic carbocycles. The van der Waals surface area contributed by atoms with Gasteiger partial charge in [-0.1, -0.05) is 26.0 Å². The van der Waals surface area contributed by atoms with E-state index >= 15 is 0 Å². The minimum Gasteiger partial charge on any atom is -0.491 e. The number of hydrogen-bond donors (Lipinski definition) is 1. The predicted octanol–water partition coefficient (Wildman–Crippen LogP) is 2.36. The van der Waals surface area contributed by atoms with Crippen LogP contribution in [0, 0.1) is 0 Å². The number of esters is 4. The molecule has 0 saturated carbocycles. The summed E-state index contributed by atoms with van der Waals surface area (Å²) < 4.78 is 44.9. The van der Waals surface area contributed by atoms with Crippen molar-refractivity contribution in [3.8, 4) is 11.6 Å². The van der Waals surface area contributed by atoms with E-state index in [0.29, 0.717) is 25.2 Å². The molecule has 1 unspecified atom stereocenters. The number of carbonyl (C=O) groups excluding carboxylic acids is 4. The third-order valence-corrected chi connectivity index (χ3v) is 6.76. The van der Waals surface area contributed by atoms with Gasteiger partial charge in [-0.2, -0.15) is 0 Å². The molecular weight excluding hydrogens is 580 g/mol. The number of rotatable bonds is 13. The van der Waals surface area contributed by atoms with E-state index in [1.165, 1.54) is 6.92 Å². The zero-order valence-corrected chi connectivity index (χ0v) is 25.5. The van der Waals surface area contributed by atoms with Crippen LogP contribution in [-0.2, 0) is 54.0 Å². The Balaban J connectivity index is 1.65. The van der Waals surface area contributed by atoms with Gasteiger partial charge in [-0.3, -0.25) is 24.3 Å². The minimum atomic E-state index is -1.40. The summed E-state index contributed by atoms with van der Waals surface area (Å²) in [5.74, 6) is -1.91. The highest BCUT2D eigenvalue weighted by Gasteiger charge is 2.53. The van der Waals surface area contributed by atoms with Gasteiger partial charge in [0.1, 0.15) is 31.2 Å². The van der Waals surface area contributed by atoms with Gasteiger partial charge in [0.25, 0.3) is 0 Å². The van der Waals surface area contributed by atoms with Crippen molar-refractivity contribution >= 4 is 23.9 Å². The summed E-state index contributed by atoms with van der Waals surface area (Å²) in [4.78, 5) is 48.0. The quantitative estimate of drug-likeness (QED) is 0.197. The average Bonchev–Trinajstić information content (AvgIpc) is 3.69. The number of carbonyl (C=O) groups is 4. The van der Waals surface area contributed by atoms with Crippen LogP contribution < -0.4 is 9.47 Å². The molecule has 240 valence electrons. The van der Waals surface area contributed by atoms with Crippen molar-refractivity contribution in [3.63, 3.8) is 0 Å². The normalized spacial score (nSPS) is 24.2. The Bertz CT molecular complexity index is 1320. The van der Waals surface area contributed by atoms with Crippen LogP contribution in [0.15, 0.2) is 24.3 Å². The van der Waals surface area contributed by atoms with E-state index in [0.717, 1.165) is 37.8 Å². The summed E-state index contributed by atoms with van der Waals surface area (Å²) in [6.45, 7) is 9.48. The second-order valence-corrected chi connectivity index (χ2v) is 10.8. The minimum absolute atomic E-state index is 0.0337. The van der Waals surface area contributed by atoms with E-state index in [2.05, 4.69) is 10.2 Å². The first-order valence-corrected chi connectivity index (χ1v) is 14.3. The lowest BCUT2D eigenvalue weighted by Crippen LogP contribution is -2.63. The van der Waals surface area contributed by atoms with Gasteiger partial charge in [0, 0.05) is 45.4 Å². The highest BCUT2D eigenvalue weighted by atomic mass is 16.7. The smallest absolute Gasteiger partial charge is 0.303 e. The second-order valence-electron chi connectivity index (χ2n) is 10.8. The third kappa shape index (κ3) is 8.92. The molecule has 3 heterocycles. The molecule has 0 radical (unpaired) electrons. The Morgan fingerprint density at radius 2 is 1.50 bits per heavy atom.